The quantitative estimate of drug-likeness (QED) is 0.0305. The summed E-state index contributed by atoms with van der Waals surface area (Å²) < 4.78 is 50.4. The molecule has 0 bridgehead atoms. The summed E-state index contributed by atoms with van der Waals surface area (Å²) in [6, 6.07) is 30.4. The van der Waals surface area contributed by atoms with Gasteiger partial charge in [0.05, 0.1) is 31.5 Å². The Hall–Kier alpha value is -3.45. The molecule has 9 nitrogen and oxygen atoms in total. The highest BCUT2D eigenvalue weighted by Crippen LogP contribution is 2.51. The van der Waals surface area contributed by atoms with Crippen molar-refractivity contribution in [3.63, 3.8) is 0 Å². The van der Waals surface area contributed by atoms with Crippen molar-refractivity contribution in [1.29, 1.82) is 0 Å². The molecule has 0 spiro atoms. The fourth-order valence-corrected chi connectivity index (χ4v) is 8.60. The first kappa shape index (κ1) is 45.6. The molecule has 58 heavy (non-hydrogen) atoms. The van der Waals surface area contributed by atoms with E-state index in [4.69, 9.17) is 37.9 Å². The van der Waals surface area contributed by atoms with Crippen LogP contribution in [0.4, 0.5) is 0 Å². The minimum Gasteiger partial charge on any atom is -0.461 e. The van der Waals surface area contributed by atoms with Gasteiger partial charge in [0.15, 0.2) is 6.29 Å². The summed E-state index contributed by atoms with van der Waals surface area (Å²) in [6.07, 6.45) is 4.03. The highest BCUT2D eigenvalue weighted by atomic mass is 28.3. The van der Waals surface area contributed by atoms with Crippen LogP contribution in [0.25, 0.3) is 0 Å². The molecule has 10 heteroatoms. The van der Waals surface area contributed by atoms with Gasteiger partial charge in [-0.1, -0.05) is 125 Å². The molecule has 1 saturated heterocycles. The number of rotatable bonds is 23. The number of methoxy groups -OCH3 is 1. The van der Waals surface area contributed by atoms with Crippen LogP contribution in [-0.2, 0) is 44.5 Å². The predicted molar refractivity (Wildman–Crippen MR) is 230 cm³/mol. The highest BCUT2D eigenvalue weighted by Gasteiger charge is 2.53. The molecule has 0 N–H and O–H groups in total. The fraction of sp³-hybridized carbons (Fsp3) is 0.521. The monoisotopic (exact) mass is 814 g/mol. The third kappa shape index (κ3) is 13.5. The standard InChI is InChI=1S/C48H66O9Si/c1-8-43-45(55-35-51-26-27-58(5,6)7)44(57-47(56-43)41-22-16-11-17-23-41)42-28-39(32-53-34-50-4)24-25-48(42,33-54-46(49)40-20-14-10-15-21-40)29-36(2)37(3)30-52-31-38-18-12-9-13-19-38/h8-23,28,36-37,42-45,47H,1,24-27,29-35H2,2-7H3/t36-,37-,42+,43+,44-,45+,47+,48-/m0/s1. The molecule has 0 amide bonds. The van der Waals surface area contributed by atoms with Gasteiger partial charge in [-0.3, -0.25) is 0 Å². The van der Waals surface area contributed by atoms with E-state index >= 15 is 0 Å². The topological polar surface area (TPSA) is 90.9 Å². The summed E-state index contributed by atoms with van der Waals surface area (Å²) in [6.45, 7) is 18.3. The average molecular weight is 815 g/mol. The van der Waals surface area contributed by atoms with E-state index in [2.05, 4.69) is 58.3 Å². The second-order valence-electron chi connectivity index (χ2n) is 17.2. The lowest BCUT2D eigenvalue weighted by molar-refractivity contribution is -0.311. The molecule has 5 rings (SSSR count). The van der Waals surface area contributed by atoms with E-state index in [1.165, 1.54) is 0 Å². The Morgan fingerprint density at radius 1 is 0.879 bits per heavy atom. The maximum Gasteiger partial charge on any atom is 0.338 e. The Kier molecular flexibility index (Phi) is 17.9. The molecule has 2 aliphatic rings. The van der Waals surface area contributed by atoms with E-state index in [-0.39, 0.29) is 43.9 Å². The van der Waals surface area contributed by atoms with Crippen molar-refractivity contribution in [2.75, 3.05) is 47.1 Å². The van der Waals surface area contributed by atoms with Crippen molar-refractivity contribution in [2.45, 2.75) is 90.0 Å². The summed E-state index contributed by atoms with van der Waals surface area (Å²) >= 11 is 0. The first-order chi connectivity index (χ1) is 28.0. The first-order valence-corrected chi connectivity index (χ1v) is 24.5. The number of carbonyl (C=O) groups excluding carboxylic acids is 1. The van der Waals surface area contributed by atoms with Crippen molar-refractivity contribution in [1.82, 2.24) is 0 Å². The molecule has 3 aromatic rings. The number of hydrogen-bond donors (Lipinski definition) is 0. The Morgan fingerprint density at radius 3 is 2.24 bits per heavy atom. The smallest absolute Gasteiger partial charge is 0.338 e. The van der Waals surface area contributed by atoms with Crippen LogP contribution in [0.5, 0.6) is 0 Å². The van der Waals surface area contributed by atoms with Crippen molar-refractivity contribution >= 4 is 14.0 Å². The van der Waals surface area contributed by atoms with Crippen LogP contribution < -0.4 is 0 Å². The molecule has 0 aromatic heterocycles. The molecule has 0 saturated carbocycles. The van der Waals surface area contributed by atoms with Gasteiger partial charge in [-0.2, -0.15) is 0 Å². The lowest BCUT2D eigenvalue weighted by Gasteiger charge is -2.52. The third-order valence-electron chi connectivity index (χ3n) is 11.5. The molecule has 316 valence electrons. The van der Waals surface area contributed by atoms with Gasteiger partial charge in [-0.15, -0.1) is 6.58 Å². The zero-order valence-corrected chi connectivity index (χ0v) is 36.5. The minimum atomic E-state index is -1.31. The Labute approximate surface area is 348 Å². The molecular weight excluding hydrogens is 749 g/mol. The first-order valence-electron chi connectivity index (χ1n) is 20.8. The molecule has 0 unspecified atom stereocenters. The maximum absolute atomic E-state index is 13.7. The van der Waals surface area contributed by atoms with Crippen molar-refractivity contribution in [3.05, 3.63) is 132 Å². The summed E-state index contributed by atoms with van der Waals surface area (Å²) in [7, 11) is 0.310. The van der Waals surface area contributed by atoms with E-state index in [0.29, 0.717) is 32.0 Å². The summed E-state index contributed by atoms with van der Waals surface area (Å²) in [5.41, 5.74) is 3.12. The SMILES string of the molecule is C=C[C@H]1O[C@@H](c2ccccc2)O[C@@H]([C@H]2C=C(COCOC)CC[C@@]2(COC(=O)c2ccccc2)C[C@H](C)[C@@H](C)COCc2ccccc2)[C@@H]1OCOCC[Si](C)(C)C. The van der Waals surface area contributed by atoms with Gasteiger partial charge < -0.3 is 37.9 Å². The fourth-order valence-electron chi connectivity index (χ4n) is 7.84. The summed E-state index contributed by atoms with van der Waals surface area (Å²) in [5.74, 6) is -0.235. The molecule has 1 heterocycles. The summed E-state index contributed by atoms with van der Waals surface area (Å²) in [5, 5.41) is 0. The molecule has 3 aromatic carbocycles. The zero-order chi connectivity index (χ0) is 41.4. The number of carbonyl (C=O) groups is 1. The molecule has 8 atom stereocenters. The van der Waals surface area contributed by atoms with Crippen LogP contribution in [0.1, 0.15) is 60.9 Å². The van der Waals surface area contributed by atoms with E-state index < -0.39 is 38.1 Å². The minimum absolute atomic E-state index is 0.0845. The lowest BCUT2D eigenvalue weighted by atomic mass is 9.60. The predicted octanol–water partition coefficient (Wildman–Crippen LogP) is 10.0. The van der Waals surface area contributed by atoms with Gasteiger partial charge in [-0.05, 0) is 60.4 Å². The lowest BCUT2D eigenvalue weighted by Crippen LogP contribution is -2.56. The summed E-state index contributed by atoms with van der Waals surface area (Å²) in [4.78, 5) is 13.7. The number of esters is 1. The van der Waals surface area contributed by atoms with Crippen LogP contribution in [-0.4, -0.2) is 79.5 Å². The van der Waals surface area contributed by atoms with Gasteiger partial charge in [0, 0.05) is 45.3 Å². The van der Waals surface area contributed by atoms with E-state index in [1.54, 1.807) is 25.3 Å². The number of benzene rings is 3. The molecule has 1 aliphatic heterocycles. The van der Waals surface area contributed by atoms with Gasteiger partial charge in [0.25, 0.3) is 0 Å². The molecule has 1 aliphatic carbocycles. The largest absolute Gasteiger partial charge is 0.461 e. The average Bonchev–Trinajstić information content (AvgIpc) is 3.23. The second kappa shape index (κ2) is 22.8. The molecule has 0 radical (unpaired) electrons. The number of hydrogen-bond acceptors (Lipinski definition) is 9. The van der Waals surface area contributed by atoms with Gasteiger partial charge in [0.1, 0.15) is 25.8 Å². The van der Waals surface area contributed by atoms with Crippen molar-refractivity contribution < 1.29 is 42.7 Å². The maximum atomic E-state index is 13.7. The van der Waals surface area contributed by atoms with Crippen LogP contribution in [0.15, 0.2) is 115 Å². The van der Waals surface area contributed by atoms with Crippen LogP contribution in [0, 0.1) is 23.2 Å². The zero-order valence-electron chi connectivity index (χ0n) is 35.5. The van der Waals surface area contributed by atoms with Crippen LogP contribution in [0.2, 0.25) is 25.7 Å². The van der Waals surface area contributed by atoms with E-state index in [0.717, 1.165) is 42.0 Å². The van der Waals surface area contributed by atoms with Gasteiger partial charge in [0.2, 0.25) is 0 Å². The van der Waals surface area contributed by atoms with Crippen LogP contribution >= 0.6 is 0 Å². The third-order valence-corrected chi connectivity index (χ3v) is 13.2. The number of ether oxygens (including phenoxy) is 8. The van der Waals surface area contributed by atoms with Gasteiger partial charge >= 0.3 is 5.97 Å². The van der Waals surface area contributed by atoms with Crippen molar-refractivity contribution in [3.8, 4) is 0 Å². The van der Waals surface area contributed by atoms with Gasteiger partial charge in [-0.25, -0.2) is 4.79 Å². The highest BCUT2D eigenvalue weighted by molar-refractivity contribution is 6.76. The molecule has 1 fully saturated rings. The second-order valence-corrected chi connectivity index (χ2v) is 22.8. The van der Waals surface area contributed by atoms with Crippen LogP contribution in [0.3, 0.4) is 0 Å². The van der Waals surface area contributed by atoms with E-state index in [1.807, 2.05) is 66.7 Å². The van der Waals surface area contributed by atoms with Crippen molar-refractivity contribution in [2.24, 2.45) is 23.2 Å². The molecular formula is C48H66O9Si. The Bertz CT molecular complexity index is 1680. The normalized spacial score (nSPS) is 24.7. The Morgan fingerprint density at radius 2 is 1.57 bits per heavy atom. The Balaban J connectivity index is 1.52. The van der Waals surface area contributed by atoms with E-state index in [9.17, 15) is 4.79 Å².